The fourth-order valence-electron chi connectivity index (χ4n) is 7.20. The quantitative estimate of drug-likeness (QED) is 0.201. The summed E-state index contributed by atoms with van der Waals surface area (Å²) in [7, 11) is 0. The van der Waals surface area contributed by atoms with Crippen molar-refractivity contribution in [3.8, 4) is 11.1 Å². The molecule has 0 spiro atoms. The van der Waals surface area contributed by atoms with Gasteiger partial charge in [0.05, 0.1) is 0 Å². The summed E-state index contributed by atoms with van der Waals surface area (Å²) >= 11 is 1.55. The van der Waals surface area contributed by atoms with Crippen LogP contribution >= 0.6 is 0 Å². The van der Waals surface area contributed by atoms with Gasteiger partial charge in [-0.15, -0.1) is 11.6 Å². The van der Waals surface area contributed by atoms with Crippen molar-refractivity contribution >= 4 is 15.4 Å². The molecule has 3 heteroatoms. The third kappa shape index (κ3) is 9.59. The predicted octanol–water partition coefficient (Wildman–Crippen LogP) is 5.84. The number of fused-ring (bicyclic) bond motifs is 5. The van der Waals surface area contributed by atoms with Crippen LogP contribution in [0.3, 0.4) is 0 Å². The summed E-state index contributed by atoms with van der Waals surface area (Å²) < 4.78 is 1.60. The number of allylic oxidation sites excluding steroid dienone is 6. The Morgan fingerprint density at radius 1 is 0.745 bits per heavy atom. The van der Waals surface area contributed by atoms with E-state index in [1.54, 1.807) is 27.4 Å². The molecule has 4 aliphatic carbocycles. The second-order valence-corrected chi connectivity index (χ2v) is 18.0. The Bertz CT molecular complexity index is 1860. The molecule has 0 saturated heterocycles. The summed E-state index contributed by atoms with van der Waals surface area (Å²) in [4.78, 5) is 0. The minimum absolute atomic E-state index is 0. The van der Waals surface area contributed by atoms with Crippen molar-refractivity contribution in [1.29, 1.82) is 0 Å². The van der Waals surface area contributed by atoms with Crippen molar-refractivity contribution in [3.63, 3.8) is 0 Å². The van der Waals surface area contributed by atoms with E-state index in [4.69, 9.17) is 0 Å². The third-order valence-electron chi connectivity index (χ3n) is 10.2. The number of halogens is 2. The van der Waals surface area contributed by atoms with E-state index in [0.717, 1.165) is 19.3 Å². The van der Waals surface area contributed by atoms with Crippen LogP contribution in [0.15, 0.2) is 109 Å². The monoisotopic (exact) mass is 786 g/mol. The van der Waals surface area contributed by atoms with Crippen molar-refractivity contribution in [2.24, 2.45) is 11.3 Å². The van der Waals surface area contributed by atoms with E-state index in [2.05, 4.69) is 183 Å². The summed E-state index contributed by atoms with van der Waals surface area (Å²) in [6.07, 6.45) is 21.3. The summed E-state index contributed by atoms with van der Waals surface area (Å²) in [5.41, 5.74) is 16.3. The Kier molecular flexibility index (Phi) is 13.2. The summed E-state index contributed by atoms with van der Waals surface area (Å²) in [5.74, 6) is 0.522. The third-order valence-corrected chi connectivity index (χ3v) is 11.0. The van der Waals surface area contributed by atoms with E-state index < -0.39 is 0 Å². The van der Waals surface area contributed by atoms with Crippen LogP contribution in [0.25, 0.3) is 23.3 Å². The van der Waals surface area contributed by atoms with Gasteiger partial charge in [0, 0.05) is 5.41 Å². The van der Waals surface area contributed by atoms with Gasteiger partial charge in [-0.3, -0.25) is 12.2 Å². The zero-order valence-electron chi connectivity index (χ0n) is 31.4. The van der Waals surface area contributed by atoms with Gasteiger partial charge in [0.2, 0.25) is 0 Å². The van der Waals surface area contributed by atoms with Crippen LogP contribution < -0.4 is 24.8 Å². The van der Waals surface area contributed by atoms with E-state index in [0.29, 0.717) is 11.3 Å². The fraction of sp³-hybridized carbons (Fsp3) is 0.312. The van der Waals surface area contributed by atoms with Crippen molar-refractivity contribution in [2.75, 3.05) is 0 Å². The molecule has 262 valence electrons. The predicted molar refractivity (Wildman–Crippen MR) is 207 cm³/mol. The number of hydrogen-bond acceptors (Lipinski definition) is 0. The number of hydrogen-bond donors (Lipinski definition) is 0. The molecule has 4 aliphatic rings. The topological polar surface area (TPSA) is 0 Å². The van der Waals surface area contributed by atoms with Crippen LogP contribution in [-0.4, -0.2) is 3.21 Å². The molecule has 0 aromatic heterocycles. The molecule has 0 nitrogen and oxygen atoms in total. The van der Waals surface area contributed by atoms with E-state index >= 15 is 0 Å². The fourth-order valence-corrected chi connectivity index (χ4v) is 8.21. The molecule has 0 N–H and O–H groups in total. The van der Waals surface area contributed by atoms with Crippen LogP contribution in [0.2, 0.25) is 0 Å². The SMILES string of the molecule is CC1(C)[C-]=Cc2cc3c(cc21)Cc1cc2c(cc1-3)C=CC2(C)C.CC1[C-]=CC(C(C)(C)C)=C1.[Cl-].[Cl-].[Zr+2]=[C](Cc1ccccc1)Cc1ccccc1. The van der Waals surface area contributed by atoms with Gasteiger partial charge in [0.15, 0.2) is 0 Å². The first-order chi connectivity index (χ1) is 23.2. The maximum absolute atomic E-state index is 3.50. The van der Waals surface area contributed by atoms with E-state index in [-0.39, 0.29) is 35.6 Å². The second-order valence-electron chi connectivity index (χ2n) is 16.2. The molecule has 1 unspecified atom stereocenters. The van der Waals surface area contributed by atoms with E-state index in [1.165, 1.54) is 61.2 Å². The molecule has 0 bridgehead atoms. The molecule has 0 saturated carbocycles. The second kappa shape index (κ2) is 16.5. The van der Waals surface area contributed by atoms with Gasteiger partial charge in [-0.1, -0.05) is 96.4 Å². The van der Waals surface area contributed by atoms with Crippen LogP contribution in [0.4, 0.5) is 0 Å². The zero-order chi connectivity index (χ0) is 35.0. The van der Waals surface area contributed by atoms with Gasteiger partial charge < -0.3 is 24.8 Å². The van der Waals surface area contributed by atoms with Gasteiger partial charge in [-0.25, -0.2) is 12.2 Å². The van der Waals surface area contributed by atoms with Crippen molar-refractivity contribution in [3.05, 3.63) is 165 Å². The van der Waals surface area contributed by atoms with E-state index in [1.807, 2.05) is 0 Å². The molecule has 0 radical (unpaired) electrons. The van der Waals surface area contributed by atoms with Gasteiger partial charge in [-0.05, 0) is 45.9 Å². The number of benzene rings is 4. The van der Waals surface area contributed by atoms with E-state index in [9.17, 15) is 0 Å². The molecule has 4 aromatic rings. The van der Waals surface area contributed by atoms with Gasteiger partial charge in [0.25, 0.3) is 0 Å². The first-order valence-corrected chi connectivity index (χ1v) is 19.0. The standard InChI is InChI=1S/C23H21.C15H14.C10H15.2ClH.Zr/c1-22(2)7-5-14-10-18-16(12-20(14)22)9-17-13-21-15(11-19(17)18)6-8-23(21,3)4;1-3-8-14(9-4-1)12-7-13-15-10-5-2-6-11-15;1-8-5-6-9(7-8)10(2,3)4;;;/h5-7,10-13H,9H2,1-4H3;1-6,8-11H,12-13H2;6-8H,1-4H3;2*1H;/q-1;;-1;;;+2/p-2. The maximum atomic E-state index is 3.50. The summed E-state index contributed by atoms with van der Waals surface area (Å²) in [6.45, 7) is 18.0. The zero-order valence-corrected chi connectivity index (χ0v) is 35.4. The molecule has 8 rings (SSSR count). The molecule has 51 heavy (non-hydrogen) atoms. The van der Waals surface area contributed by atoms with Crippen molar-refractivity contribution in [2.45, 2.75) is 85.5 Å². The first kappa shape index (κ1) is 40.9. The Balaban J connectivity index is 0.000000183. The average Bonchev–Trinajstić information content (AvgIpc) is 3.80. The molecule has 0 amide bonds. The Morgan fingerprint density at radius 3 is 1.76 bits per heavy atom. The molecular weight excluding hydrogens is 739 g/mol. The van der Waals surface area contributed by atoms with Gasteiger partial charge >= 0.3 is 112 Å². The van der Waals surface area contributed by atoms with Crippen LogP contribution in [-0.2, 0) is 54.3 Å². The Labute approximate surface area is 335 Å². The van der Waals surface area contributed by atoms with Gasteiger partial charge in [0.1, 0.15) is 0 Å². The minimum atomic E-state index is 0. The van der Waals surface area contributed by atoms with Gasteiger partial charge in [-0.2, -0.15) is 17.2 Å². The summed E-state index contributed by atoms with van der Waals surface area (Å²) in [5, 5.41) is 0. The van der Waals surface area contributed by atoms with Crippen LogP contribution in [0.1, 0.15) is 99.9 Å². The molecule has 0 fully saturated rings. The Hall–Kier alpha value is -2.83. The average molecular weight is 789 g/mol. The van der Waals surface area contributed by atoms with Crippen LogP contribution in [0.5, 0.6) is 0 Å². The first-order valence-electron chi connectivity index (χ1n) is 17.8. The van der Waals surface area contributed by atoms with Crippen molar-refractivity contribution in [1.82, 2.24) is 0 Å². The molecular formula is C48H50Cl2Zr-2. The normalized spacial score (nSPS) is 17.3. The molecule has 0 heterocycles. The molecule has 0 aliphatic heterocycles. The summed E-state index contributed by atoms with van der Waals surface area (Å²) in [6, 6.07) is 31.1. The Morgan fingerprint density at radius 2 is 1.27 bits per heavy atom. The van der Waals surface area contributed by atoms with Crippen molar-refractivity contribution < 1.29 is 49.0 Å². The molecule has 1 atom stereocenters. The molecule has 4 aromatic carbocycles. The van der Waals surface area contributed by atoms with Crippen LogP contribution in [0, 0.1) is 23.5 Å². The number of rotatable bonds is 4.